The fraction of sp³-hybridized carbons (Fsp3) is 0.455. The average Bonchev–Trinajstić information content (AvgIpc) is 2.03. The standard InChI is InChI=1S/C11H16FN/c1-9(8-13(2)3)10-5-4-6-11(12)7-10/h4-7,9H,8H2,1-3H3. The smallest absolute Gasteiger partial charge is 0.123 e. The summed E-state index contributed by atoms with van der Waals surface area (Å²) >= 11 is 0. The first-order valence-electron chi connectivity index (χ1n) is 4.50. The fourth-order valence-electron chi connectivity index (χ4n) is 1.47. The van der Waals surface area contributed by atoms with Crippen LogP contribution in [-0.4, -0.2) is 25.5 Å². The molecule has 1 unspecified atom stereocenters. The van der Waals surface area contributed by atoms with E-state index < -0.39 is 0 Å². The van der Waals surface area contributed by atoms with Crippen LogP contribution in [0.1, 0.15) is 18.4 Å². The molecule has 0 aromatic heterocycles. The molecule has 0 aliphatic carbocycles. The molecule has 1 nitrogen and oxygen atoms in total. The summed E-state index contributed by atoms with van der Waals surface area (Å²) in [7, 11) is 4.05. The highest BCUT2D eigenvalue weighted by atomic mass is 19.1. The molecule has 1 aromatic rings. The first kappa shape index (κ1) is 10.2. The van der Waals surface area contributed by atoms with Crippen LogP contribution in [0.4, 0.5) is 4.39 Å². The Hall–Kier alpha value is -0.890. The van der Waals surface area contributed by atoms with Crippen LogP contribution in [0.5, 0.6) is 0 Å². The second-order valence-electron chi connectivity index (χ2n) is 3.72. The van der Waals surface area contributed by atoms with Crippen molar-refractivity contribution in [1.82, 2.24) is 4.90 Å². The van der Waals surface area contributed by atoms with Crippen molar-refractivity contribution in [3.05, 3.63) is 35.6 Å². The minimum atomic E-state index is -0.150. The van der Waals surface area contributed by atoms with Crippen molar-refractivity contribution in [2.24, 2.45) is 0 Å². The van der Waals surface area contributed by atoms with E-state index in [0.717, 1.165) is 12.1 Å². The molecule has 1 aromatic carbocycles. The molecule has 1 atom stereocenters. The topological polar surface area (TPSA) is 3.24 Å². The van der Waals surface area contributed by atoms with Gasteiger partial charge in [0, 0.05) is 6.54 Å². The largest absolute Gasteiger partial charge is 0.309 e. The van der Waals surface area contributed by atoms with E-state index in [9.17, 15) is 4.39 Å². The Balaban J connectivity index is 2.71. The summed E-state index contributed by atoms with van der Waals surface area (Å²) in [5.74, 6) is 0.230. The SMILES string of the molecule is CC(CN(C)C)c1cccc(F)c1. The lowest BCUT2D eigenvalue weighted by Gasteiger charge is -2.16. The summed E-state index contributed by atoms with van der Waals surface area (Å²) in [5, 5.41) is 0. The van der Waals surface area contributed by atoms with Gasteiger partial charge in [-0.15, -0.1) is 0 Å². The molecule has 0 N–H and O–H groups in total. The van der Waals surface area contributed by atoms with E-state index in [-0.39, 0.29) is 5.82 Å². The van der Waals surface area contributed by atoms with Crippen molar-refractivity contribution in [2.45, 2.75) is 12.8 Å². The van der Waals surface area contributed by atoms with Gasteiger partial charge in [0.25, 0.3) is 0 Å². The third-order valence-electron chi connectivity index (χ3n) is 2.06. The monoisotopic (exact) mass is 181 g/mol. The van der Waals surface area contributed by atoms with Crippen molar-refractivity contribution < 1.29 is 4.39 Å². The Kier molecular flexibility index (Phi) is 3.43. The van der Waals surface area contributed by atoms with Crippen LogP contribution in [0.25, 0.3) is 0 Å². The van der Waals surface area contributed by atoms with Crippen molar-refractivity contribution >= 4 is 0 Å². The zero-order valence-electron chi connectivity index (χ0n) is 8.42. The number of hydrogen-bond donors (Lipinski definition) is 0. The van der Waals surface area contributed by atoms with E-state index in [4.69, 9.17) is 0 Å². The quantitative estimate of drug-likeness (QED) is 0.692. The van der Waals surface area contributed by atoms with Gasteiger partial charge in [0.2, 0.25) is 0 Å². The Morgan fingerprint density at radius 1 is 1.38 bits per heavy atom. The molecule has 0 radical (unpaired) electrons. The second-order valence-corrected chi connectivity index (χ2v) is 3.72. The van der Waals surface area contributed by atoms with Crippen LogP contribution in [0.2, 0.25) is 0 Å². The molecule has 13 heavy (non-hydrogen) atoms. The summed E-state index contributed by atoms with van der Waals surface area (Å²) in [5.41, 5.74) is 1.06. The number of benzene rings is 1. The molecule has 0 saturated heterocycles. The van der Waals surface area contributed by atoms with Crippen LogP contribution in [0.3, 0.4) is 0 Å². The van der Waals surface area contributed by atoms with Gasteiger partial charge in [0.15, 0.2) is 0 Å². The molecular formula is C11H16FN. The number of hydrogen-bond acceptors (Lipinski definition) is 1. The summed E-state index contributed by atoms with van der Waals surface area (Å²) in [6.45, 7) is 3.05. The normalized spacial score (nSPS) is 13.3. The predicted molar refractivity (Wildman–Crippen MR) is 53.4 cm³/mol. The van der Waals surface area contributed by atoms with E-state index in [1.165, 1.54) is 6.07 Å². The van der Waals surface area contributed by atoms with E-state index in [1.54, 1.807) is 12.1 Å². The summed E-state index contributed by atoms with van der Waals surface area (Å²) in [6.07, 6.45) is 0. The minimum absolute atomic E-state index is 0.150. The fourth-order valence-corrected chi connectivity index (χ4v) is 1.47. The summed E-state index contributed by atoms with van der Waals surface area (Å²) in [4.78, 5) is 2.11. The van der Waals surface area contributed by atoms with Crippen LogP contribution in [-0.2, 0) is 0 Å². The van der Waals surface area contributed by atoms with Crippen molar-refractivity contribution in [1.29, 1.82) is 0 Å². The average molecular weight is 181 g/mol. The number of likely N-dealkylation sites (N-methyl/N-ethyl adjacent to an activating group) is 1. The molecule has 0 spiro atoms. The summed E-state index contributed by atoms with van der Waals surface area (Å²) in [6, 6.07) is 6.81. The Morgan fingerprint density at radius 3 is 2.62 bits per heavy atom. The highest BCUT2D eigenvalue weighted by Gasteiger charge is 2.06. The molecule has 0 amide bonds. The Morgan fingerprint density at radius 2 is 2.08 bits per heavy atom. The van der Waals surface area contributed by atoms with Crippen molar-refractivity contribution in [3.8, 4) is 0 Å². The molecule has 0 heterocycles. The number of halogens is 1. The van der Waals surface area contributed by atoms with Gasteiger partial charge in [-0.25, -0.2) is 4.39 Å². The Labute approximate surface area is 79.2 Å². The zero-order chi connectivity index (χ0) is 9.84. The van der Waals surface area contributed by atoms with Gasteiger partial charge in [-0.1, -0.05) is 19.1 Å². The number of rotatable bonds is 3. The van der Waals surface area contributed by atoms with Gasteiger partial charge in [-0.3, -0.25) is 0 Å². The van der Waals surface area contributed by atoms with Crippen molar-refractivity contribution in [2.75, 3.05) is 20.6 Å². The zero-order valence-corrected chi connectivity index (χ0v) is 8.42. The lowest BCUT2D eigenvalue weighted by molar-refractivity contribution is 0.382. The highest BCUT2D eigenvalue weighted by molar-refractivity contribution is 5.20. The molecule has 2 heteroatoms. The van der Waals surface area contributed by atoms with Gasteiger partial charge < -0.3 is 4.90 Å². The van der Waals surface area contributed by atoms with E-state index in [2.05, 4.69) is 11.8 Å². The summed E-state index contributed by atoms with van der Waals surface area (Å²) < 4.78 is 12.9. The lowest BCUT2D eigenvalue weighted by Crippen LogP contribution is -2.18. The maximum atomic E-state index is 12.9. The number of nitrogens with zero attached hydrogens (tertiary/aromatic N) is 1. The van der Waals surface area contributed by atoms with E-state index in [1.807, 2.05) is 20.2 Å². The second kappa shape index (κ2) is 4.38. The predicted octanol–water partition coefficient (Wildman–Crippen LogP) is 2.49. The third kappa shape index (κ3) is 3.15. The van der Waals surface area contributed by atoms with Crippen LogP contribution in [0.15, 0.2) is 24.3 Å². The van der Waals surface area contributed by atoms with Gasteiger partial charge in [0.1, 0.15) is 5.82 Å². The first-order valence-corrected chi connectivity index (χ1v) is 4.50. The van der Waals surface area contributed by atoms with E-state index >= 15 is 0 Å². The Bertz CT molecular complexity index is 271. The molecule has 0 aliphatic heterocycles. The maximum Gasteiger partial charge on any atom is 0.123 e. The van der Waals surface area contributed by atoms with Gasteiger partial charge in [-0.2, -0.15) is 0 Å². The minimum Gasteiger partial charge on any atom is -0.309 e. The molecule has 1 rings (SSSR count). The maximum absolute atomic E-state index is 12.9. The van der Waals surface area contributed by atoms with Crippen molar-refractivity contribution in [3.63, 3.8) is 0 Å². The van der Waals surface area contributed by atoms with Crippen LogP contribution in [0, 0.1) is 5.82 Å². The van der Waals surface area contributed by atoms with Gasteiger partial charge >= 0.3 is 0 Å². The van der Waals surface area contributed by atoms with Crippen LogP contribution >= 0.6 is 0 Å². The molecule has 0 aliphatic rings. The lowest BCUT2D eigenvalue weighted by atomic mass is 10.0. The molecule has 0 bridgehead atoms. The van der Waals surface area contributed by atoms with E-state index in [0.29, 0.717) is 5.92 Å². The molecule has 0 saturated carbocycles. The third-order valence-corrected chi connectivity index (χ3v) is 2.06. The highest BCUT2D eigenvalue weighted by Crippen LogP contribution is 2.16. The first-order chi connectivity index (χ1) is 6.09. The molecule has 72 valence electrons. The molecule has 0 fully saturated rings. The molecular weight excluding hydrogens is 165 g/mol. The van der Waals surface area contributed by atoms with Gasteiger partial charge in [-0.05, 0) is 37.7 Å². The van der Waals surface area contributed by atoms with Crippen LogP contribution < -0.4 is 0 Å². The van der Waals surface area contributed by atoms with Gasteiger partial charge in [0.05, 0.1) is 0 Å².